The SMILES string of the molecule is CCOC(=O)c1ccccc1NC(=O)N1Cc2c(sc3c2CCCC3)-n2cccc2[C@H]1c1cccc(Cl)c1. The molecule has 38 heavy (non-hydrogen) atoms. The normalized spacial score (nSPS) is 16.2. The van der Waals surface area contributed by atoms with Crippen LogP contribution in [0.1, 0.15) is 63.4 Å². The number of hydrogen-bond donors (Lipinski definition) is 1. The van der Waals surface area contributed by atoms with E-state index in [0.717, 1.165) is 30.5 Å². The number of carbonyl (C=O) groups is 2. The number of nitrogens with one attached hydrogen (secondary N) is 1. The van der Waals surface area contributed by atoms with Crippen molar-refractivity contribution in [3.63, 3.8) is 0 Å². The van der Waals surface area contributed by atoms with Crippen LogP contribution in [0.4, 0.5) is 10.5 Å². The molecule has 0 fully saturated rings. The molecule has 2 amide bonds. The highest BCUT2D eigenvalue weighted by Crippen LogP contribution is 2.44. The number of halogens is 1. The smallest absolute Gasteiger partial charge is 0.340 e. The Bertz CT molecular complexity index is 1520. The van der Waals surface area contributed by atoms with Crippen LogP contribution < -0.4 is 5.32 Å². The fourth-order valence-electron chi connectivity index (χ4n) is 5.58. The van der Waals surface area contributed by atoms with Gasteiger partial charge in [-0.05, 0) is 80.1 Å². The number of nitrogens with zero attached hydrogens (tertiary/aromatic N) is 2. The summed E-state index contributed by atoms with van der Waals surface area (Å²) in [4.78, 5) is 30.1. The summed E-state index contributed by atoms with van der Waals surface area (Å²) in [6.45, 7) is 2.47. The minimum absolute atomic E-state index is 0.257. The summed E-state index contributed by atoms with van der Waals surface area (Å²) in [7, 11) is 0. The summed E-state index contributed by atoms with van der Waals surface area (Å²) in [5.74, 6) is -0.464. The molecule has 4 aromatic rings. The van der Waals surface area contributed by atoms with Crippen molar-refractivity contribution in [2.75, 3.05) is 11.9 Å². The van der Waals surface area contributed by atoms with Gasteiger partial charge in [0.15, 0.2) is 0 Å². The lowest BCUT2D eigenvalue weighted by atomic mass is 9.95. The first-order valence-corrected chi connectivity index (χ1v) is 14.1. The third kappa shape index (κ3) is 4.40. The lowest BCUT2D eigenvalue weighted by molar-refractivity contribution is 0.0527. The van der Waals surface area contributed by atoms with E-state index in [2.05, 4.69) is 22.1 Å². The zero-order chi connectivity index (χ0) is 26.2. The van der Waals surface area contributed by atoms with E-state index in [1.54, 1.807) is 31.2 Å². The summed E-state index contributed by atoms with van der Waals surface area (Å²) in [5, 5.41) is 4.84. The van der Waals surface area contributed by atoms with Crippen molar-refractivity contribution in [3.8, 4) is 5.00 Å². The number of benzene rings is 2. The predicted octanol–water partition coefficient (Wildman–Crippen LogP) is 7.38. The summed E-state index contributed by atoms with van der Waals surface area (Å²) in [6, 6.07) is 18.1. The topological polar surface area (TPSA) is 63.6 Å². The maximum atomic E-state index is 14.2. The quantitative estimate of drug-likeness (QED) is 0.272. The number of fused-ring (bicyclic) bond motifs is 5. The van der Waals surface area contributed by atoms with Crippen molar-refractivity contribution in [2.45, 2.75) is 45.2 Å². The second kappa shape index (κ2) is 10.3. The monoisotopic (exact) mass is 545 g/mol. The molecule has 0 spiro atoms. The first-order chi connectivity index (χ1) is 18.5. The maximum absolute atomic E-state index is 14.2. The molecule has 1 N–H and O–H groups in total. The molecule has 0 saturated carbocycles. The minimum Gasteiger partial charge on any atom is -0.462 e. The number of esters is 1. The van der Waals surface area contributed by atoms with Crippen LogP contribution in [-0.2, 0) is 24.1 Å². The Morgan fingerprint density at radius 2 is 1.89 bits per heavy atom. The van der Waals surface area contributed by atoms with Gasteiger partial charge in [0.25, 0.3) is 0 Å². The molecule has 0 radical (unpaired) electrons. The van der Waals surface area contributed by atoms with Crippen LogP contribution in [0.3, 0.4) is 0 Å². The Kier molecular flexibility index (Phi) is 6.72. The van der Waals surface area contributed by atoms with E-state index in [1.165, 1.54) is 27.4 Å². The average molecular weight is 546 g/mol. The number of ether oxygens (including phenoxy) is 1. The number of aromatic nitrogens is 1. The lowest BCUT2D eigenvalue weighted by Gasteiger charge is -2.31. The number of hydrogen-bond acceptors (Lipinski definition) is 4. The molecular formula is C30H28ClN3O3S. The Labute approximate surface area is 230 Å². The molecule has 194 valence electrons. The number of aryl methyl sites for hydroxylation is 1. The molecule has 8 heteroatoms. The van der Waals surface area contributed by atoms with Gasteiger partial charge in [-0.25, -0.2) is 9.59 Å². The molecular weight excluding hydrogens is 518 g/mol. The molecule has 6 rings (SSSR count). The summed E-state index contributed by atoms with van der Waals surface area (Å²) in [6.07, 6.45) is 6.56. The molecule has 0 saturated heterocycles. The Morgan fingerprint density at radius 3 is 2.74 bits per heavy atom. The van der Waals surface area contributed by atoms with Gasteiger partial charge >= 0.3 is 12.0 Å². The van der Waals surface area contributed by atoms with Gasteiger partial charge in [0.1, 0.15) is 5.00 Å². The van der Waals surface area contributed by atoms with Crippen molar-refractivity contribution >= 4 is 40.6 Å². The van der Waals surface area contributed by atoms with E-state index in [0.29, 0.717) is 22.8 Å². The number of carbonyl (C=O) groups excluding carboxylic acids is 2. The third-order valence-corrected chi connectivity index (χ3v) is 8.84. The average Bonchev–Trinajstić information content (AvgIpc) is 3.51. The minimum atomic E-state index is -0.464. The Hall–Kier alpha value is -3.55. The van der Waals surface area contributed by atoms with Crippen molar-refractivity contribution < 1.29 is 14.3 Å². The molecule has 0 unspecified atom stereocenters. The lowest BCUT2D eigenvalue weighted by Crippen LogP contribution is -2.38. The zero-order valence-electron chi connectivity index (χ0n) is 21.1. The van der Waals surface area contributed by atoms with Crippen molar-refractivity contribution in [1.82, 2.24) is 9.47 Å². The largest absolute Gasteiger partial charge is 0.462 e. The van der Waals surface area contributed by atoms with Gasteiger partial charge in [-0.3, -0.25) is 0 Å². The van der Waals surface area contributed by atoms with Crippen LogP contribution in [-0.4, -0.2) is 28.1 Å². The summed E-state index contributed by atoms with van der Waals surface area (Å²) in [5.41, 5.74) is 5.27. The maximum Gasteiger partial charge on any atom is 0.340 e. The summed E-state index contributed by atoms with van der Waals surface area (Å²) >= 11 is 8.28. The predicted molar refractivity (Wildman–Crippen MR) is 151 cm³/mol. The van der Waals surface area contributed by atoms with Crippen molar-refractivity contribution in [2.24, 2.45) is 0 Å². The number of anilines is 1. The highest BCUT2D eigenvalue weighted by atomic mass is 35.5. The number of amides is 2. The number of urea groups is 1. The van der Waals surface area contributed by atoms with Gasteiger partial charge in [0.2, 0.25) is 0 Å². The van der Waals surface area contributed by atoms with E-state index < -0.39 is 5.97 Å². The second-order valence-corrected chi connectivity index (χ2v) is 11.1. The van der Waals surface area contributed by atoms with E-state index in [-0.39, 0.29) is 18.7 Å². The van der Waals surface area contributed by atoms with Crippen LogP contribution in [0, 0.1) is 0 Å². The number of rotatable bonds is 4. The molecule has 3 heterocycles. The highest BCUT2D eigenvalue weighted by molar-refractivity contribution is 7.15. The van der Waals surface area contributed by atoms with Crippen LogP contribution in [0.2, 0.25) is 5.02 Å². The fraction of sp³-hybridized carbons (Fsp3) is 0.267. The van der Waals surface area contributed by atoms with E-state index in [9.17, 15) is 9.59 Å². The molecule has 2 aromatic carbocycles. The standard InChI is InChI=1S/C30H28ClN3O3S/c1-2-37-29(35)22-12-3-5-13-24(22)32-30(36)34-18-23-21-11-4-6-15-26(21)38-28(23)33-16-8-14-25(33)27(34)19-9-7-10-20(31)17-19/h3,5,7-10,12-14,16-17,27H,2,4,6,11,15,18H2,1H3,(H,32,36)/t27-/m1/s1. The molecule has 1 aliphatic carbocycles. The third-order valence-electron chi connectivity index (χ3n) is 7.27. The second-order valence-electron chi connectivity index (χ2n) is 9.58. The zero-order valence-corrected chi connectivity index (χ0v) is 22.6. The van der Waals surface area contributed by atoms with Crippen LogP contribution in [0.15, 0.2) is 66.9 Å². The van der Waals surface area contributed by atoms with E-state index in [1.807, 2.05) is 46.6 Å². The van der Waals surface area contributed by atoms with Gasteiger partial charge in [-0.2, -0.15) is 0 Å². The Morgan fingerprint density at radius 1 is 1.05 bits per heavy atom. The van der Waals surface area contributed by atoms with Crippen molar-refractivity contribution in [1.29, 1.82) is 0 Å². The number of thiophene rings is 1. The molecule has 6 nitrogen and oxygen atoms in total. The van der Waals surface area contributed by atoms with Gasteiger partial charge < -0.3 is 19.5 Å². The van der Waals surface area contributed by atoms with E-state index in [4.69, 9.17) is 16.3 Å². The van der Waals surface area contributed by atoms with Crippen LogP contribution in [0.25, 0.3) is 5.00 Å². The molecule has 2 aliphatic rings. The first-order valence-electron chi connectivity index (χ1n) is 13.0. The van der Waals surface area contributed by atoms with Gasteiger partial charge in [-0.15, -0.1) is 11.3 Å². The van der Waals surface area contributed by atoms with Crippen molar-refractivity contribution in [3.05, 3.63) is 105 Å². The Balaban J connectivity index is 1.47. The van der Waals surface area contributed by atoms with Gasteiger partial charge in [0.05, 0.1) is 36.1 Å². The van der Waals surface area contributed by atoms with Crippen LogP contribution in [0.5, 0.6) is 0 Å². The molecule has 1 aliphatic heterocycles. The van der Waals surface area contributed by atoms with E-state index >= 15 is 0 Å². The molecule has 2 aromatic heterocycles. The number of para-hydroxylation sites is 1. The molecule has 0 bridgehead atoms. The van der Waals surface area contributed by atoms with Crippen LogP contribution >= 0.6 is 22.9 Å². The summed E-state index contributed by atoms with van der Waals surface area (Å²) < 4.78 is 7.47. The van der Waals surface area contributed by atoms with Gasteiger partial charge in [0, 0.05) is 21.7 Å². The highest BCUT2D eigenvalue weighted by Gasteiger charge is 2.36. The fourth-order valence-corrected chi connectivity index (χ4v) is 7.18. The van der Waals surface area contributed by atoms with Gasteiger partial charge in [-0.1, -0.05) is 35.9 Å². The first kappa shape index (κ1) is 24.8. The molecule has 1 atom stereocenters.